The third kappa shape index (κ3) is 2.36. The maximum atomic E-state index is 11.9. The van der Waals surface area contributed by atoms with E-state index in [-0.39, 0.29) is 11.0 Å². The van der Waals surface area contributed by atoms with Crippen LogP contribution in [-0.4, -0.2) is 15.7 Å². The molecule has 20 heavy (non-hydrogen) atoms. The fourth-order valence-corrected chi connectivity index (χ4v) is 2.65. The van der Waals surface area contributed by atoms with Crippen LogP contribution < -0.4 is 16.6 Å². The molecule has 108 valence electrons. The molecular weight excluding hydrogens is 256 g/mol. The summed E-state index contributed by atoms with van der Waals surface area (Å²) in [6.45, 7) is 2.85. The van der Waals surface area contributed by atoms with Crippen molar-refractivity contribution in [1.82, 2.24) is 9.13 Å². The van der Waals surface area contributed by atoms with Gasteiger partial charge >= 0.3 is 5.69 Å². The van der Waals surface area contributed by atoms with Crippen molar-refractivity contribution in [3.63, 3.8) is 0 Å². The predicted molar refractivity (Wildman–Crippen MR) is 76.7 cm³/mol. The maximum Gasteiger partial charge on any atom is 0.332 e. The molecule has 0 aliphatic heterocycles. The highest BCUT2D eigenvalue weighted by Gasteiger charge is 2.41. The lowest BCUT2D eigenvalue weighted by atomic mass is 10.0. The lowest BCUT2D eigenvalue weighted by Crippen LogP contribution is -2.40. The Hall–Kier alpha value is -2.03. The number of nitriles is 1. The Kier molecular flexibility index (Phi) is 3.71. The zero-order chi connectivity index (χ0) is 14.9. The first-order valence-electron chi connectivity index (χ1n) is 6.90. The van der Waals surface area contributed by atoms with E-state index in [1.165, 1.54) is 11.6 Å². The van der Waals surface area contributed by atoms with Crippen molar-refractivity contribution >= 4 is 5.82 Å². The van der Waals surface area contributed by atoms with Gasteiger partial charge in [0.2, 0.25) is 0 Å². The molecule has 0 bridgehead atoms. The van der Waals surface area contributed by atoms with Crippen molar-refractivity contribution in [3.8, 4) is 6.07 Å². The number of nitrogens with zero attached hydrogens (tertiary/aromatic N) is 3. The minimum absolute atomic E-state index is 0.00176. The van der Waals surface area contributed by atoms with Crippen molar-refractivity contribution in [2.24, 2.45) is 19.5 Å². The van der Waals surface area contributed by atoms with E-state index in [0.29, 0.717) is 12.4 Å². The van der Waals surface area contributed by atoms with Crippen LogP contribution >= 0.6 is 0 Å². The standard InChI is InChI=1S/C14H20N4O2/c1-4-5-14(6-7-14)9-16-11-10(8-15)12(19)18(3)13(20)17(11)2/h16H,4-7,9H2,1-3H3. The molecule has 1 N–H and O–H groups in total. The summed E-state index contributed by atoms with van der Waals surface area (Å²) in [5, 5.41) is 12.3. The third-order valence-electron chi connectivity index (χ3n) is 4.14. The summed E-state index contributed by atoms with van der Waals surface area (Å²) >= 11 is 0. The summed E-state index contributed by atoms with van der Waals surface area (Å²) in [5.74, 6) is 0.336. The number of rotatable bonds is 5. The first-order valence-corrected chi connectivity index (χ1v) is 6.90. The Morgan fingerprint density at radius 2 is 1.95 bits per heavy atom. The van der Waals surface area contributed by atoms with Crippen molar-refractivity contribution in [2.75, 3.05) is 11.9 Å². The van der Waals surface area contributed by atoms with Gasteiger partial charge in [0, 0.05) is 20.6 Å². The average molecular weight is 276 g/mol. The molecule has 0 unspecified atom stereocenters. The quantitative estimate of drug-likeness (QED) is 0.868. The molecule has 0 radical (unpaired) electrons. The van der Waals surface area contributed by atoms with Gasteiger partial charge in [0.1, 0.15) is 11.9 Å². The molecule has 1 aliphatic carbocycles. The van der Waals surface area contributed by atoms with Crippen LogP contribution in [0.5, 0.6) is 0 Å². The second-order valence-electron chi connectivity index (χ2n) is 5.64. The predicted octanol–water partition coefficient (Wildman–Crippen LogP) is 0.948. The number of hydrogen-bond acceptors (Lipinski definition) is 4. The summed E-state index contributed by atoms with van der Waals surface area (Å²) in [6, 6.07) is 1.91. The molecule has 1 saturated carbocycles. The van der Waals surface area contributed by atoms with Crippen LogP contribution in [0.3, 0.4) is 0 Å². The summed E-state index contributed by atoms with van der Waals surface area (Å²) in [6.07, 6.45) is 4.56. The summed E-state index contributed by atoms with van der Waals surface area (Å²) < 4.78 is 2.30. The summed E-state index contributed by atoms with van der Waals surface area (Å²) in [4.78, 5) is 23.9. The van der Waals surface area contributed by atoms with Gasteiger partial charge in [-0.05, 0) is 24.7 Å². The SMILES string of the molecule is CCCC1(CNc2c(C#N)c(=O)n(C)c(=O)n2C)CC1. The van der Waals surface area contributed by atoms with Gasteiger partial charge in [-0.25, -0.2) is 4.79 Å². The molecule has 1 aromatic rings. The van der Waals surface area contributed by atoms with Crippen molar-refractivity contribution in [1.29, 1.82) is 5.26 Å². The number of hydrogen-bond donors (Lipinski definition) is 1. The highest BCUT2D eigenvalue weighted by Crippen LogP contribution is 2.49. The minimum Gasteiger partial charge on any atom is -0.370 e. The maximum absolute atomic E-state index is 11.9. The fraction of sp³-hybridized carbons (Fsp3) is 0.643. The fourth-order valence-electron chi connectivity index (χ4n) is 2.65. The minimum atomic E-state index is -0.543. The highest BCUT2D eigenvalue weighted by atomic mass is 16.2. The van der Waals surface area contributed by atoms with E-state index in [0.717, 1.165) is 30.3 Å². The molecule has 6 nitrogen and oxygen atoms in total. The zero-order valence-electron chi connectivity index (χ0n) is 12.2. The Balaban J connectivity index is 2.35. The molecule has 0 amide bonds. The largest absolute Gasteiger partial charge is 0.370 e. The average Bonchev–Trinajstić information content (AvgIpc) is 3.19. The van der Waals surface area contributed by atoms with Crippen molar-refractivity contribution in [3.05, 3.63) is 26.4 Å². The summed E-state index contributed by atoms with van der Waals surface area (Å²) in [7, 11) is 2.96. The van der Waals surface area contributed by atoms with Gasteiger partial charge < -0.3 is 5.32 Å². The Morgan fingerprint density at radius 3 is 2.45 bits per heavy atom. The molecule has 1 aliphatic rings. The smallest absolute Gasteiger partial charge is 0.332 e. The van der Waals surface area contributed by atoms with E-state index in [2.05, 4.69) is 12.2 Å². The molecule has 1 fully saturated rings. The monoisotopic (exact) mass is 276 g/mol. The molecule has 1 aromatic heterocycles. The van der Waals surface area contributed by atoms with Crippen LogP contribution in [0.15, 0.2) is 9.59 Å². The van der Waals surface area contributed by atoms with Gasteiger partial charge in [-0.1, -0.05) is 13.3 Å². The first-order chi connectivity index (χ1) is 9.45. The molecule has 1 heterocycles. The van der Waals surface area contributed by atoms with Crippen LogP contribution in [0.1, 0.15) is 38.2 Å². The van der Waals surface area contributed by atoms with Gasteiger partial charge in [-0.15, -0.1) is 0 Å². The molecular formula is C14H20N4O2. The van der Waals surface area contributed by atoms with E-state index < -0.39 is 11.2 Å². The van der Waals surface area contributed by atoms with E-state index in [9.17, 15) is 9.59 Å². The first kappa shape index (κ1) is 14.4. The van der Waals surface area contributed by atoms with Crippen LogP contribution in [0.25, 0.3) is 0 Å². The Bertz CT molecular complexity index is 674. The molecule has 2 rings (SSSR count). The van der Waals surface area contributed by atoms with Crippen LogP contribution in [0.2, 0.25) is 0 Å². The number of nitrogens with one attached hydrogen (secondary N) is 1. The number of aromatic nitrogens is 2. The van der Waals surface area contributed by atoms with Gasteiger partial charge in [0.25, 0.3) is 5.56 Å². The van der Waals surface area contributed by atoms with Crippen LogP contribution in [0, 0.1) is 16.7 Å². The molecule has 6 heteroatoms. The lowest BCUT2D eigenvalue weighted by molar-refractivity contribution is 0.483. The Morgan fingerprint density at radius 1 is 1.30 bits per heavy atom. The van der Waals surface area contributed by atoms with E-state index in [1.54, 1.807) is 7.05 Å². The van der Waals surface area contributed by atoms with E-state index >= 15 is 0 Å². The molecule has 0 saturated heterocycles. The van der Waals surface area contributed by atoms with E-state index in [1.807, 2.05) is 6.07 Å². The highest BCUT2D eigenvalue weighted by molar-refractivity contribution is 5.51. The molecule has 0 aromatic carbocycles. The number of anilines is 1. The topological polar surface area (TPSA) is 79.8 Å². The normalized spacial score (nSPS) is 15.7. The zero-order valence-corrected chi connectivity index (χ0v) is 12.2. The van der Waals surface area contributed by atoms with Gasteiger partial charge in [0.15, 0.2) is 5.56 Å². The lowest BCUT2D eigenvalue weighted by Gasteiger charge is -2.18. The van der Waals surface area contributed by atoms with Crippen molar-refractivity contribution < 1.29 is 0 Å². The summed E-state index contributed by atoms with van der Waals surface area (Å²) in [5.41, 5.74) is -0.685. The van der Waals surface area contributed by atoms with Gasteiger partial charge in [-0.3, -0.25) is 13.9 Å². The second kappa shape index (κ2) is 5.16. The van der Waals surface area contributed by atoms with Crippen molar-refractivity contribution in [2.45, 2.75) is 32.6 Å². The Labute approximate surface area is 117 Å². The van der Waals surface area contributed by atoms with Crippen LogP contribution in [0.4, 0.5) is 5.82 Å². The van der Waals surface area contributed by atoms with Crippen LogP contribution in [-0.2, 0) is 14.1 Å². The van der Waals surface area contributed by atoms with Gasteiger partial charge in [-0.2, -0.15) is 5.26 Å². The third-order valence-corrected chi connectivity index (χ3v) is 4.14. The van der Waals surface area contributed by atoms with E-state index in [4.69, 9.17) is 5.26 Å². The molecule has 0 spiro atoms. The van der Waals surface area contributed by atoms with Gasteiger partial charge in [0.05, 0.1) is 0 Å². The molecule has 0 atom stereocenters. The second-order valence-corrected chi connectivity index (χ2v) is 5.64.